The molecule has 0 atom stereocenters. The van der Waals surface area contributed by atoms with Crippen molar-refractivity contribution in [3.63, 3.8) is 0 Å². The van der Waals surface area contributed by atoms with Crippen LogP contribution in [-0.4, -0.2) is 39.7 Å². The van der Waals surface area contributed by atoms with Crippen LogP contribution < -0.4 is 10.9 Å². The molecule has 0 aliphatic carbocycles. The Labute approximate surface area is 205 Å². The van der Waals surface area contributed by atoms with Gasteiger partial charge in [0.05, 0.1) is 23.6 Å². The number of para-hydroxylation sites is 1. The Morgan fingerprint density at radius 2 is 1.94 bits per heavy atom. The number of fused-ring (bicyclic) bond motifs is 1. The topological polar surface area (TPSA) is 112 Å². The van der Waals surface area contributed by atoms with E-state index in [-0.39, 0.29) is 23.6 Å². The van der Waals surface area contributed by atoms with Gasteiger partial charge in [0.15, 0.2) is 0 Å². The molecule has 1 amide bonds. The van der Waals surface area contributed by atoms with Crippen molar-refractivity contribution in [1.29, 1.82) is 0 Å². The fourth-order valence-electron chi connectivity index (χ4n) is 3.34. The SMILES string of the molecule is CCOCCc1nn2c(=O)cc(COC(=O)c3ccccc3NC(=O)c3cccc(C)c3)nc2s1. The number of aromatic nitrogens is 3. The molecule has 0 aliphatic rings. The smallest absolute Gasteiger partial charge is 0.340 e. The van der Waals surface area contributed by atoms with E-state index in [1.165, 1.54) is 21.9 Å². The molecule has 0 fully saturated rings. The minimum Gasteiger partial charge on any atom is -0.456 e. The lowest BCUT2D eigenvalue weighted by Gasteiger charge is -2.11. The summed E-state index contributed by atoms with van der Waals surface area (Å²) in [7, 11) is 0. The molecule has 0 aliphatic heterocycles. The van der Waals surface area contributed by atoms with E-state index in [2.05, 4.69) is 15.4 Å². The Morgan fingerprint density at radius 1 is 1.11 bits per heavy atom. The summed E-state index contributed by atoms with van der Waals surface area (Å²) in [6.07, 6.45) is 0.580. The molecule has 1 N–H and O–H groups in total. The van der Waals surface area contributed by atoms with Gasteiger partial charge < -0.3 is 14.8 Å². The average molecular weight is 493 g/mol. The van der Waals surface area contributed by atoms with Gasteiger partial charge in [-0.3, -0.25) is 9.59 Å². The second kappa shape index (κ2) is 11.0. The van der Waals surface area contributed by atoms with Gasteiger partial charge in [0.2, 0.25) is 4.96 Å². The number of nitrogens with zero attached hydrogens (tertiary/aromatic N) is 3. The molecule has 4 rings (SSSR count). The van der Waals surface area contributed by atoms with Gasteiger partial charge in [-0.2, -0.15) is 9.61 Å². The summed E-state index contributed by atoms with van der Waals surface area (Å²) in [5.41, 5.74) is 1.91. The number of carbonyl (C=O) groups excluding carboxylic acids is 2. The summed E-state index contributed by atoms with van der Waals surface area (Å²) in [6, 6.07) is 15.0. The van der Waals surface area contributed by atoms with E-state index in [9.17, 15) is 14.4 Å². The second-order valence-corrected chi connectivity index (χ2v) is 8.71. The van der Waals surface area contributed by atoms with E-state index >= 15 is 0 Å². The van der Waals surface area contributed by atoms with E-state index in [1.54, 1.807) is 42.5 Å². The molecule has 2 heterocycles. The number of hydrogen-bond donors (Lipinski definition) is 1. The molecule has 0 saturated heterocycles. The first-order chi connectivity index (χ1) is 16.9. The number of carbonyl (C=O) groups is 2. The molecular weight excluding hydrogens is 468 g/mol. The summed E-state index contributed by atoms with van der Waals surface area (Å²) < 4.78 is 12.0. The van der Waals surface area contributed by atoms with E-state index in [1.807, 2.05) is 19.9 Å². The Kier molecular flexibility index (Phi) is 7.64. The van der Waals surface area contributed by atoms with Crippen LogP contribution in [0.1, 0.15) is 43.9 Å². The van der Waals surface area contributed by atoms with Crippen LogP contribution in [-0.2, 0) is 22.5 Å². The van der Waals surface area contributed by atoms with Crippen molar-refractivity contribution in [2.45, 2.75) is 26.9 Å². The zero-order valence-electron chi connectivity index (χ0n) is 19.3. The van der Waals surface area contributed by atoms with Crippen LogP contribution in [0.2, 0.25) is 0 Å². The maximum atomic E-state index is 12.8. The number of hydrogen-bond acceptors (Lipinski definition) is 8. The monoisotopic (exact) mass is 492 g/mol. The van der Waals surface area contributed by atoms with Gasteiger partial charge in [0.1, 0.15) is 11.6 Å². The molecule has 9 nitrogen and oxygen atoms in total. The van der Waals surface area contributed by atoms with Gasteiger partial charge in [-0.05, 0) is 38.1 Å². The maximum absolute atomic E-state index is 12.8. The summed E-state index contributed by atoms with van der Waals surface area (Å²) in [4.78, 5) is 42.7. The number of nitrogens with one attached hydrogen (secondary N) is 1. The van der Waals surface area contributed by atoms with Gasteiger partial charge in [-0.15, -0.1) is 0 Å². The van der Waals surface area contributed by atoms with Gasteiger partial charge in [-0.1, -0.05) is 41.2 Å². The zero-order chi connectivity index (χ0) is 24.8. The van der Waals surface area contributed by atoms with E-state index in [0.29, 0.717) is 41.5 Å². The summed E-state index contributed by atoms with van der Waals surface area (Å²) in [6.45, 7) is 4.73. The summed E-state index contributed by atoms with van der Waals surface area (Å²) in [5.74, 6) is -0.978. The highest BCUT2D eigenvalue weighted by Crippen LogP contribution is 2.19. The van der Waals surface area contributed by atoms with Crippen LogP contribution in [0.3, 0.4) is 0 Å². The first-order valence-corrected chi connectivity index (χ1v) is 11.9. The Bertz CT molecular complexity index is 1430. The number of anilines is 1. The number of aryl methyl sites for hydroxylation is 1. The molecule has 10 heteroatoms. The quantitative estimate of drug-likeness (QED) is 0.280. The van der Waals surface area contributed by atoms with Crippen molar-refractivity contribution in [1.82, 2.24) is 14.6 Å². The third kappa shape index (κ3) is 5.97. The van der Waals surface area contributed by atoms with E-state index in [4.69, 9.17) is 9.47 Å². The number of benzene rings is 2. The van der Waals surface area contributed by atoms with Crippen molar-refractivity contribution in [3.05, 3.63) is 92.3 Å². The zero-order valence-corrected chi connectivity index (χ0v) is 20.1. The van der Waals surface area contributed by atoms with Crippen LogP contribution in [0.15, 0.2) is 59.4 Å². The maximum Gasteiger partial charge on any atom is 0.340 e. The molecule has 0 unspecified atom stereocenters. The van der Waals surface area contributed by atoms with E-state index in [0.717, 1.165) is 10.6 Å². The van der Waals surface area contributed by atoms with Crippen LogP contribution in [0.5, 0.6) is 0 Å². The predicted molar refractivity (Wildman–Crippen MR) is 132 cm³/mol. The normalized spacial score (nSPS) is 10.9. The number of amides is 1. The molecule has 0 bridgehead atoms. The summed E-state index contributed by atoms with van der Waals surface area (Å²) in [5, 5.41) is 7.77. The molecule has 0 spiro atoms. The predicted octanol–water partition coefficient (Wildman–Crippen LogP) is 3.65. The highest BCUT2D eigenvalue weighted by atomic mass is 32.1. The number of rotatable bonds is 9. The first kappa shape index (κ1) is 24.2. The third-order valence-corrected chi connectivity index (χ3v) is 6.00. The fourth-order valence-corrected chi connectivity index (χ4v) is 4.24. The Morgan fingerprint density at radius 3 is 2.74 bits per heavy atom. The van der Waals surface area contributed by atoms with Gasteiger partial charge >= 0.3 is 5.97 Å². The van der Waals surface area contributed by atoms with Crippen molar-refractivity contribution in [2.75, 3.05) is 18.5 Å². The molecule has 0 radical (unpaired) electrons. The average Bonchev–Trinajstić information content (AvgIpc) is 3.26. The van der Waals surface area contributed by atoms with Crippen LogP contribution in [0, 0.1) is 6.92 Å². The third-order valence-electron chi connectivity index (χ3n) is 5.03. The van der Waals surface area contributed by atoms with Gasteiger partial charge in [-0.25, -0.2) is 9.78 Å². The minimum absolute atomic E-state index is 0.197. The highest BCUT2D eigenvalue weighted by molar-refractivity contribution is 7.16. The first-order valence-electron chi connectivity index (χ1n) is 11.0. The molecule has 2 aromatic carbocycles. The highest BCUT2D eigenvalue weighted by Gasteiger charge is 2.17. The molecule has 0 saturated carbocycles. The minimum atomic E-state index is -0.645. The molecule has 2 aromatic heterocycles. The van der Waals surface area contributed by atoms with Crippen molar-refractivity contribution < 1.29 is 19.1 Å². The Balaban J connectivity index is 1.46. The molecule has 35 heavy (non-hydrogen) atoms. The van der Waals surface area contributed by atoms with Crippen LogP contribution in [0.4, 0.5) is 5.69 Å². The lowest BCUT2D eigenvalue weighted by atomic mass is 10.1. The standard InChI is InChI=1S/C25H24N4O5S/c1-3-33-12-11-21-28-29-22(30)14-18(26-25(29)35-21)15-34-24(32)19-9-4-5-10-20(19)27-23(31)17-8-6-7-16(2)13-17/h4-10,13-14H,3,11-12,15H2,1-2H3,(H,27,31). The molecule has 4 aromatic rings. The van der Waals surface area contributed by atoms with E-state index < -0.39 is 5.97 Å². The van der Waals surface area contributed by atoms with Crippen LogP contribution in [0.25, 0.3) is 4.96 Å². The Hall–Kier alpha value is -3.89. The lowest BCUT2D eigenvalue weighted by molar-refractivity contribution is 0.0469. The van der Waals surface area contributed by atoms with Crippen molar-refractivity contribution >= 4 is 33.9 Å². The lowest BCUT2D eigenvalue weighted by Crippen LogP contribution is -2.18. The number of esters is 1. The van der Waals surface area contributed by atoms with Crippen molar-refractivity contribution in [2.24, 2.45) is 0 Å². The van der Waals surface area contributed by atoms with Crippen molar-refractivity contribution in [3.8, 4) is 0 Å². The molecule has 180 valence electrons. The summed E-state index contributed by atoms with van der Waals surface area (Å²) >= 11 is 1.29. The fraction of sp³-hybridized carbons (Fsp3) is 0.240. The van der Waals surface area contributed by atoms with Gasteiger partial charge in [0.25, 0.3) is 11.5 Å². The molecular formula is C25H24N4O5S. The largest absolute Gasteiger partial charge is 0.456 e. The van der Waals surface area contributed by atoms with Gasteiger partial charge in [0, 0.05) is 24.7 Å². The second-order valence-electron chi connectivity index (χ2n) is 7.67. The number of ether oxygens (including phenoxy) is 2. The van der Waals surface area contributed by atoms with Crippen LogP contribution >= 0.6 is 11.3 Å².